The molecule has 0 bridgehead atoms. The van der Waals surface area contributed by atoms with Crippen LogP contribution in [-0.4, -0.2) is 17.3 Å². The van der Waals surface area contributed by atoms with Gasteiger partial charge in [-0.3, -0.25) is 4.79 Å². The highest BCUT2D eigenvalue weighted by Crippen LogP contribution is 2.27. The van der Waals surface area contributed by atoms with Gasteiger partial charge in [0, 0.05) is 23.5 Å². The van der Waals surface area contributed by atoms with Crippen LogP contribution < -0.4 is 10.1 Å². The van der Waals surface area contributed by atoms with Gasteiger partial charge in [0.05, 0.1) is 6.10 Å². The first kappa shape index (κ1) is 12.4. The van der Waals surface area contributed by atoms with E-state index in [4.69, 9.17) is 4.74 Å². The maximum atomic E-state index is 11.3. The van der Waals surface area contributed by atoms with Crippen LogP contribution in [0.4, 0.5) is 5.69 Å². The molecule has 3 nitrogen and oxygen atoms in total. The molecule has 1 atom stereocenters. The number of anilines is 1. The Kier molecular flexibility index (Phi) is 4.05. The Labute approximate surface area is 110 Å². The van der Waals surface area contributed by atoms with Gasteiger partial charge in [-0.2, -0.15) is 0 Å². The molecule has 4 heteroatoms. The topological polar surface area (TPSA) is 38.3 Å². The molecule has 1 aromatic carbocycles. The molecule has 0 fully saturated rings. The van der Waals surface area contributed by atoms with Gasteiger partial charge in [0.1, 0.15) is 5.75 Å². The van der Waals surface area contributed by atoms with Crippen molar-refractivity contribution in [3.05, 3.63) is 23.8 Å². The summed E-state index contributed by atoms with van der Waals surface area (Å²) in [6, 6.07) is 5.92. The van der Waals surface area contributed by atoms with Crippen LogP contribution >= 0.6 is 15.9 Å². The Morgan fingerprint density at radius 3 is 3.06 bits per heavy atom. The Balaban J connectivity index is 2.10. The molecule has 1 aromatic rings. The molecule has 1 heterocycles. The van der Waals surface area contributed by atoms with Crippen molar-refractivity contribution in [1.29, 1.82) is 0 Å². The maximum absolute atomic E-state index is 11.3. The van der Waals surface area contributed by atoms with Gasteiger partial charge in [-0.05, 0) is 31.4 Å². The van der Waals surface area contributed by atoms with E-state index in [1.807, 2.05) is 25.1 Å². The number of benzene rings is 1. The number of fused-ring (bicyclic) bond motifs is 1. The number of halogens is 1. The standard InChI is InChI=1S/C13H16BrNO2/c1-9(6-7-14)17-11-4-2-10-3-5-13(16)15-12(10)8-11/h2,4,8-9H,3,5-7H2,1H3,(H,15,16). The van der Waals surface area contributed by atoms with Crippen LogP contribution in [-0.2, 0) is 11.2 Å². The van der Waals surface area contributed by atoms with Crippen molar-refractivity contribution in [2.24, 2.45) is 0 Å². The third-order valence-corrected chi connectivity index (χ3v) is 3.29. The Morgan fingerprint density at radius 2 is 2.29 bits per heavy atom. The molecule has 2 rings (SSSR count). The summed E-state index contributed by atoms with van der Waals surface area (Å²) >= 11 is 3.39. The van der Waals surface area contributed by atoms with Gasteiger partial charge in [-0.25, -0.2) is 0 Å². The molecule has 0 spiro atoms. The summed E-state index contributed by atoms with van der Waals surface area (Å²) in [5.41, 5.74) is 2.08. The van der Waals surface area contributed by atoms with E-state index in [1.54, 1.807) is 0 Å². The summed E-state index contributed by atoms with van der Waals surface area (Å²) in [6.45, 7) is 2.04. The smallest absolute Gasteiger partial charge is 0.224 e. The summed E-state index contributed by atoms with van der Waals surface area (Å²) in [6.07, 6.45) is 2.53. The summed E-state index contributed by atoms with van der Waals surface area (Å²) < 4.78 is 5.77. The number of hydrogen-bond acceptors (Lipinski definition) is 2. The lowest BCUT2D eigenvalue weighted by Crippen LogP contribution is -2.19. The van der Waals surface area contributed by atoms with E-state index in [2.05, 4.69) is 21.2 Å². The van der Waals surface area contributed by atoms with Crippen LogP contribution in [0.5, 0.6) is 5.75 Å². The van der Waals surface area contributed by atoms with Gasteiger partial charge in [0.15, 0.2) is 0 Å². The Morgan fingerprint density at radius 1 is 1.47 bits per heavy atom. The number of carbonyl (C=O) groups is 1. The zero-order valence-electron chi connectivity index (χ0n) is 9.83. The lowest BCUT2D eigenvalue weighted by molar-refractivity contribution is -0.116. The quantitative estimate of drug-likeness (QED) is 0.867. The summed E-state index contributed by atoms with van der Waals surface area (Å²) in [5.74, 6) is 0.905. The van der Waals surface area contributed by atoms with Crippen molar-refractivity contribution in [2.75, 3.05) is 10.6 Å². The number of ether oxygens (including phenoxy) is 1. The van der Waals surface area contributed by atoms with Crippen molar-refractivity contribution in [3.8, 4) is 5.75 Å². The van der Waals surface area contributed by atoms with Crippen molar-refractivity contribution < 1.29 is 9.53 Å². The zero-order valence-corrected chi connectivity index (χ0v) is 11.4. The van der Waals surface area contributed by atoms with Crippen molar-refractivity contribution in [2.45, 2.75) is 32.3 Å². The lowest BCUT2D eigenvalue weighted by Gasteiger charge is -2.19. The normalized spacial score (nSPS) is 16.0. The molecule has 17 heavy (non-hydrogen) atoms. The largest absolute Gasteiger partial charge is 0.491 e. The molecule has 1 amide bonds. The first-order chi connectivity index (χ1) is 8.19. The number of nitrogens with one attached hydrogen (secondary N) is 1. The number of carbonyl (C=O) groups excluding carboxylic acids is 1. The highest BCUT2D eigenvalue weighted by atomic mass is 79.9. The average Bonchev–Trinajstić information content (AvgIpc) is 2.28. The minimum Gasteiger partial charge on any atom is -0.491 e. The van der Waals surface area contributed by atoms with Crippen LogP contribution in [0, 0.1) is 0 Å². The molecular weight excluding hydrogens is 282 g/mol. The van der Waals surface area contributed by atoms with Gasteiger partial charge < -0.3 is 10.1 Å². The molecule has 1 N–H and O–H groups in total. The fourth-order valence-electron chi connectivity index (χ4n) is 1.87. The highest BCUT2D eigenvalue weighted by Gasteiger charge is 2.15. The number of alkyl halides is 1. The third kappa shape index (κ3) is 3.22. The van der Waals surface area contributed by atoms with E-state index in [1.165, 1.54) is 5.56 Å². The molecule has 0 saturated heterocycles. The van der Waals surface area contributed by atoms with E-state index in [-0.39, 0.29) is 12.0 Å². The molecule has 0 aromatic heterocycles. The van der Waals surface area contributed by atoms with Crippen molar-refractivity contribution in [3.63, 3.8) is 0 Å². The molecule has 0 aliphatic carbocycles. The molecule has 1 aliphatic rings. The first-order valence-corrected chi connectivity index (χ1v) is 6.96. The lowest BCUT2D eigenvalue weighted by atomic mass is 10.0. The van der Waals surface area contributed by atoms with Crippen molar-refractivity contribution in [1.82, 2.24) is 0 Å². The highest BCUT2D eigenvalue weighted by molar-refractivity contribution is 9.09. The van der Waals surface area contributed by atoms with Gasteiger partial charge in [0.2, 0.25) is 5.91 Å². The fraction of sp³-hybridized carbons (Fsp3) is 0.462. The van der Waals surface area contributed by atoms with E-state index in [9.17, 15) is 4.79 Å². The van der Waals surface area contributed by atoms with Crippen LogP contribution in [0.2, 0.25) is 0 Å². The second-order valence-corrected chi connectivity index (χ2v) is 5.07. The van der Waals surface area contributed by atoms with Crippen LogP contribution in [0.25, 0.3) is 0 Å². The monoisotopic (exact) mass is 297 g/mol. The summed E-state index contributed by atoms with van der Waals surface area (Å²) in [4.78, 5) is 11.3. The van der Waals surface area contributed by atoms with Crippen LogP contribution in [0.15, 0.2) is 18.2 Å². The minimum atomic E-state index is 0.0863. The molecule has 92 valence electrons. The Bertz CT molecular complexity index is 420. The second kappa shape index (κ2) is 5.54. The molecule has 1 unspecified atom stereocenters. The Hall–Kier alpha value is -1.03. The molecule has 1 aliphatic heterocycles. The molecular formula is C13H16BrNO2. The number of rotatable bonds is 4. The second-order valence-electron chi connectivity index (χ2n) is 4.27. The van der Waals surface area contributed by atoms with Gasteiger partial charge in [-0.1, -0.05) is 22.0 Å². The summed E-state index contributed by atoms with van der Waals surface area (Å²) in [5, 5.41) is 3.80. The van der Waals surface area contributed by atoms with E-state index >= 15 is 0 Å². The maximum Gasteiger partial charge on any atom is 0.224 e. The average molecular weight is 298 g/mol. The third-order valence-electron chi connectivity index (χ3n) is 2.83. The van der Waals surface area contributed by atoms with Crippen molar-refractivity contribution >= 4 is 27.5 Å². The molecule has 0 saturated carbocycles. The van der Waals surface area contributed by atoms with E-state index < -0.39 is 0 Å². The predicted molar refractivity (Wildman–Crippen MR) is 71.9 cm³/mol. The van der Waals surface area contributed by atoms with Gasteiger partial charge in [0.25, 0.3) is 0 Å². The van der Waals surface area contributed by atoms with Crippen LogP contribution in [0.1, 0.15) is 25.3 Å². The molecule has 0 radical (unpaired) electrons. The van der Waals surface area contributed by atoms with Gasteiger partial charge >= 0.3 is 0 Å². The first-order valence-electron chi connectivity index (χ1n) is 5.84. The SMILES string of the molecule is CC(CCBr)Oc1ccc2c(c1)NC(=O)CC2. The van der Waals surface area contributed by atoms with Crippen LogP contribution in [0.3, 0.4) is 0 Å². The fourth-order valence-corrected chi connectivity index (χ4v) is 2.51. The predicted octanol–water partition coefficient (Wildman–Crippen LogP) is 3.12. The van der Waals surface area contributed by atoms with Gasteiger partial charge in [-0.15, -0.1) is 0 Å². The number of amides is 1. The zero-order chi connectivity index (χ0) is 12.3. The minimum absolute atomic E-state index is 0.0863. The van der Waals surface area contributed by atoms with E-state index in [0.717, 1.165) is 29.6 Å². The summed E-state index contributed by atoms with van der Waals surface area (Å²) in [7, 11) is 0. The number of aryl methyl sites for hydroxylation is 1. The van der Waals surface area contributed by atoms with E-state index in [0.29, 0.717) is 6.42 Å². The number of hydrogen-bond donors (Lipinski definition) is 1.